The van der Waals surface area contributed by atoms with Gasteiger partial charge in [0, 0.05) is 11.1 Å². The number of carbonyl (C=O) groups excluding carboxylic acids is 2. The lowest BCUT2D eigenvalue weighted by Crippen LogP contribution is -2.27. The lowest BCUT2D eigenvalue weighted by molar-refractivity contribution is -0.120. The van der Waals surface area contributed by atoms with Crippen molar-refractivity contribution < 1.29 is 9.59 Å². The molecular weight excluding hydrogens is 310 g/mol. The van der Waals surface area contributed by atoms with Gasteiger partial charge in [-0.25, -0.2) is 0 Å². The predicted octanol–water partition coefficient (Wildman–Crippen LogP) is 2.37. The molecule has 5 nitrogen and oxygen atoms in total. The lowest BCUT2D eigenvalue weighted by atomic mass is 10.1. The van der Waals surface area contributed by atoms with Gasteiger partial charge in [0.2, 0.25) is 11.8 Å². The first-order valence-electron chi connectivity index (χ1n) is 7.39. The van der Waals surface area contributed by atoms with Crippen LogP contribution in [0.3, 0.4) is 0 Å². The van der Waals surface area contributed by atoms with E-state index in [1.165, 1.54) is 11.8 Å². The molecule has 1 aromatic heterocycles. The molecule has 0 radical (unpaired) electrons. The van der Waals surface area contributed by atoms with Gasteiger partial charge < -0.3 is 10.6 Å². The van der Waals surface area contributed by atoms with E-state index >= 15 is 0 Å². The number of hydrogen-bond acceptors (Lipinski definition) is 4. The molecule has 1 unspecified atom stereocenters. The quantitative estimate of drug-likeness (QED) is 0.904. The number of thioether (sulfide) groups is 1. The molecule has 0 bridgehead atoms. The van der Waals surface area contributed by atoms with Crippen molar-refractivity contribution in [3.8, 4) is 0 Å². The predicted molar refractivity (Wildman–Crippen MR) is 90.2 cm³/mol. The van der Waals surface area contributed by atoms with E-state index in [2.05, 4.69) is 15.6 Å². The third-order valence-corrected chi connectivity index (χ3v) is 4.71. The molecule has 0 spiro atoms. The van der Waals surface area contributed by atoms with Crippen molar-refractivity contribution in [3.63, 3.8) is 0 Å². The highest BCUT2D eigenvalue weighted by atomic mass is 32.2. The van der Waals surface area contributed by atoms with E-state index < -0.39 is 0 Å². The SMILES string of the molecule is CC1Sc2ccc(CC(=O)NCc3ccccn3)cc2NC1=O. The largest absolute Gasteiger partial charge is 0.350 e. The molecule has 118 valence electrons. The van der Waals surface area contributed by atoms with E-state index in [0.29, 0.717) is 6.54 Å². The van der Waals surface area contributed by atoms with Gasteiger partial charge in [0.05, 0.1) is 29.6 Å². The van der Waals surface area contributed by atoms with Crippen molar-refractivity contribution in [3.05, 3.63) is 53.9 Å². The monoisotopic (exact) mass is 327 g/mol. The molecule has 1 aromatic carbocycles. The standard InChI is InChI=1S/C17H17N3O2S/c1-11-17(22)20-14-8-12(5-6-15(14)23-11)9-16(21)19-10-13-4-2-3-7-18-13/h2-8,11H,9-10H2,1H3,(H,19,21)(H,20,22). The van der Waals surface area contributed by atoms with Gasteiger partial charge >= 0.3 is 0 Å². The van der Waals surface area contributed by atoms with E-state index in [9.17, 15) is 9.59 Å². The van der Waals surface area contributed by atoms with E-state index in [4.69, 9.17) is 0 Å². The summed E-state index contributed by atoms with van der Waals surface area (Å²) in [5.41, 5.74) is 2.48. The third kappa shape index (κ3) is 3.90. The Hall–Kier alpha value is -2.34. The highest BCUT2D eigenvalue weighted by molar-refractivity contribution is 8.00. The fourth-order valence-electron chi connectivity index (χ4n) is 2.31. The number of nitrogens with one attached hydrogen (secondary N) is 2. The molecule has 3 rings (SSSR count). The van der Waals surface area contributed by atoms with Gasteiger partial charge in [-0.2, -0.15) is 0 Å². The van der Waals surface area contributed by atoms with Crippen molar-refractivity contribution in [2.24, 2.45) is 0 Å². The van der Waals surface area contributed by atoms with Crippen LogP contribution < -0.4 is 10.6 Å². The van der Waals surface area contributed by atoms with Gasteiger partial charge in [-0.3, -0.25) is 14.6 Å². The molecule has 0 saturated heterocycles. The molecule has 0 saturated carbocycles. The molecule has 0 fully saturated rings. The summed E-state index contributed by atoms with van der Waals surface area (Å²) in [4.78, 5) is 29.0. The van der Waals surface area contributed by atoms with Crippen molar-refractivity contribution in [1.29, 1.82) is 0 Å². The second kappa shape index (κ2) is 6.83. The van der Waals surface area contributed by atoms with Gasteiger partial charge in [0.15, 0.2) is 0 Å². The summed E-state index contributed by atoms with van der Waals surface area (Å²) >= 11 is 1.53. The summed E-state index contributed by atoms with van der Waals surface area (Å²) < 4.78 is 0. The van der Waals surface area contributed by atoms with E-state index in [-0.39, 0.29) is 23.5 Å². The number of pyridine rings is 1. The van der Waals surface area contributed by atoms with Crippen molar-refractivity contribution in [1.82, 2.24) is 10.3 Å². The molecule has 6 heteroatoms. The zero-order valence-electron chi connectivity index (χ0n) is 12.7. The molecule has 23 heavy (non-hydrogen) atoms. The van der Waals surface area contributed by atoms with Crippen LogP contribution in [0.15, 0.2) is 47.5 Å². The Bertz CT molecular complexity index is 734. The number of rotatable bonds is 4. The Morgan fingerprint density at radius 3 is 3.00 bits per heavy atom. The van der Waals surface area contributed by atoms with Gasteiger partial charge in [-0.05, 0) is 36.8 Å². The number of fused-ring (bicyclic) bond motifs is 1. The van der Waals surface area contributed by atoms with E-state index in [0.717, 1.165) is 21.8 Å². The maximum Gasteiger partial charge on any atom is 0.237 e. The Morgan fingerprint density at radius 2 is 2.22 bits per heavy atom. The first kappa shape index (κ1) is 15.6. The minimum atomic E-state index is -0.0879. The normalized spacial score (nSPS) is 16.4. The summed E-state index contributed by atoms with van der Waals surface area (Å²) in [5, 5.41) is 5.64. The van der Waals surface area contributed by atoms with Crippen LogP contribution in [-0.2, 0) is 22.6 Å². The molecule has 1 atom stereocenters. The third-order valence-electron chi connectivity index (χ3n) is 3.53. The van der Waals surface area contributed by atoms with Crippen molar-refractivity contribution >= 4 is 29.3 Å². The van der Waals surface area contributed by atoms with Gasteiger partial charge in [0.1, 0.15) is 0 Å². The number of nitrogens with zero attached hydrogens (tertiary/aromatic N) is 1. The maximum atomic E-state index is 12.0. The lowest BCUT2D eigenvalue weighted by Gasteiger charge is -2.21. The molecule has 2 N–H and O–H groups in total. The smallest absolute Gasteiger partial charge is 0.237 e. The average Bonchev–Trinajstić information content (AvgIpc) is 2.55. The summed E-state index contributed by atoms with van der Waals surface area (Å²) in [6.45, 7) is 2.29. The Kier molecular flexibility index (Phi) is 4.62. The van der Waals surface area contributed by atoms with Crippen LogP contribution in [0.1, 0.15) is 18.2 Å². The van der Waals surface area contributed by atoms with Gasteiger partial charge in [0.25, 0.3) is 0 Å². The second-order valence-electron chi connectivity index (χ2n) is 5.35. The number of aromatic nitrogens is 1. The molecule has 0 aliphatic carbocycles. The summed E-state index contributed by atoms with van der Waals surface area (Å²) in [7, 11) is 0. The number of anilines is 1. The maximum absolute atomic E-state index is 12.0. The first-order chi connectivity index (χ1) is 11.1. The fraction of sp³-hybridized carbons (Fsp3) is 0.235. The number of amides is 2. The zero-order valence-corrected chi connectivity index (χ0v) is 13.5. The van der Waals surface area contributed by atoms with E-state index in [1.54, 1.807) is 6.20 Å². The van der Waals surface area contributed by atoms with Crippen LogP contribution in [0.2, 0.25) is 0 Å². The molecular formula is C17H17N3O2S. The number of hydrogen-bond donors (Lipinski definition) is 2. The van der Waals surface area contributed by atoms with Crippen LogP contribution in [0.4, 0.5) is 5.69 Å². The highest BCUT2D eigenvalue weighted by Gasteiger charge is 2.23. The minimum absolute atomic E-state index is 0.000691. The molecule has 2 amide bonds. The first-order valence-corrected chi connectivity index (χ1v) is 8.27. The molecule has 1 aliphatic rings. The van der Waals surface area contributed by atoms with Crippen LogP contribution in [0.25, 0.3) is 0 Å². The number of carbonyl (C=O) groups is 2. The van der Waals surface area contributed by atoms with Gasteiger partial charge in [-0.15, -0.1) is 11.8 Å². The van der Waals surface area contributed by atoms with Gasteiger partial charge in [-0.1, -0.05) is 12.1 Å². The number of benzene rings is 1. The minimum Gasteiger partial charge on any atom is -0.350 e. The van der Waals surface area contributed by atoms with Crippen LogP contribution in [-0.4, -0.2) is 22.0 Å². The zero-order chi connectivity index (χ0) is 16.2. The van der Waals surface area contributed by atoms with E-state index in [1.807, 2.05) is 43.3 Å². The van der Waals surface area contributed by atoms with Crippen molar-refractivity contribution in [2.45, 2.75) is 30.0 Å². The van der Waals surface area contributed by atoms with Crippen molar-refractivity contribution in [2.75, 3.05) is 5.32 Å². The Morgan fingerprint density at radius 1 is 1.35 bits per heavy atom. The molecule has 2 aromatic rings. The van der Waals surface area contributed by atoms with Crippen LogP contribution in [0, 0.1) is 0 Å². The Labute approximate surface area is 138 Å². The summed E-state index contributed by atoms with van der Waals surface area (Å²) in [6, 6.07) is 11.3. The van der Waals surface area contributed by atoms with Crippen LogP contribution >= 0.6 is 11.8 Å². The molecule has 1 aliphatic heterocycles. The summed E-state index contributed by atoms with van der Waals surface area (Å²) in [6.07, 6.45) is 1.97. The second-order valence-corrected chi connectivity index (χ2v) is 6.74. The molecule has 2 heterocycles. The Balaban J connectivity index is 1.61. The highest BCUT2D eigenvalue weighted by Crippen LogP contribution is 2.35. The van der Waals surface area contributed by atoms with Crippen LogP contribution in [0.5, 0.6) is 0 Å². The summed E-state index contributed by atoms with van der Waals surface area (Å²) in [5.74, 6) is -0.0713. The fourth-order valence-corrected chi connectivity index (χ4v) is 3.24. The average molecular weight is 327 g/mol. The topological polar surface area (TPSA) is 71.1 Å².